The van der Waals surface area contributed by atoms with Gasteiger partial charge in [-0.05, 0) is 42.5 Å². The summed E-state index contributed by atoms with van der Waals surface area (Å²) in [5.41, 5.74) is 2.83. The second-order valence-corrected chi connectivity index (χ2v) is 7.11. The van der Waals surface area contributed by atoms with Crippen LogP contribution in [0.1, 0.15) is 50.7 Å². The standard InChI is InChI=1S/C22H20N2O5/c25-19(23-18-11-5-7-14-6-1-2-8-15(14)18)13-29-20(26)12-24-21(27)16-9-3-4-10-17(16)22(24)28/h1-4,6,8-10,18H,5,7,11-13H2,(H,23,25). The average molecular weight is 392 g/mol. The maximum absolute atomic E-state index is 12.3. The number of rotatable bonds is 5. The second-order valence-electron chi connectivity index (χ2n) is 7.11. The van der Waals surface area contributed by atoms with Crippen LogP contribution in [0.2, 0.25) is 0 Å². The summed E-state index contributed by atoms with van der Waals surface area (Å²) in [6.45, 7) is -0.980. The van der Waals surface area contributed by atoms with Gasteiger partial charge in [0.2, 0.25) is 0 Å². The molecule has 2 aromatic rings. The Hall–Kier alpha value is -3.48. The van der Waals surface area contributed by atoms with Crippen molar-refractivity contribution in [2.75, 3.05) is 13.2 Å². The van der Waals surface area contributed by atoms with E-state index in [-0.39, 0.29) is 17.2 Å². The van der Waals surface area contributed by atoms with E-state index < -0.39 is 36.8 Å². The van der Waals surface area contributed by atoms with Gasteiger partial charge in [0.05, 0.1) is 17.2 Å². The van der Waals surface area contributed by atoms with E-state index in [0.717, 1.165) is 29.7 Å². The van der Waals surface area contributed by atoms with E-state index in [1.807, 2.05) is 18.2 Å². The zero-order valence-electron chi connectivity index (χ0n) is 15.7. The Balaban J connectivity index is 1.30. The number of hydrogen-bond acceptors (Lipinski definition) is 5. The van der Waals surface area contributed by atoms with E-state index in [2.05, 4.69) is 11.4 Å². The fourth-order valence-electron chi connectivity index (χ4n) is 3.84. The van der Waals surface area contributed by atoms with Gasteiger partial charge in [0.15, 0.2) is 6.61 Å². The Morgan fingerprint density at radius 1 is 1.00 bits per heavy atom. The highest BCUT2D eigenvalue weighted by Gasteiger charge is 2.36. The second kappa shape index (κ2) is 7.87. The number of esters is 1. The van der Waals surface area contributed by atoms with Gasteiger partial charge in [0.25, 0.3) is 17.7 Å². The third-order valence-electron chi connectivity index (χ3n) is 5.23. The highest BCUT2D eigenvalue weighted by molar-refractivity contribution is 6.22. The minimum absolute atomic E-state index is 0.109. The number of ether oxygens (including phenoxy) is 1. The highest BCUT2D eigenvalue weighted by atomic mass is 16.5. The minimum Gasteiger partial charge on any atom is -0.454 e. The first kappa shape index (κ1) is 18.9. The lowest BCUT2D eigenvalue weighted by atomic mass is 9.88. The number of imide groups is 1. The van der Waals surface area contributed by atoms with Crippen LogP contribution in [-0.2, 0) is 20.7 Å². The van der Waals surface area contributed by atoms with Gasteiger partial charge in [-0.25, -0.2) is 0 Å². The molecule has 2 aromatic carbocycles. The molecule has 0 bridgehead atoms. The van der Waals surface area contributed by atoms with Crippen molar-refractivity contribution in [2.24, 2.45) is 0 Å². The third-order valence-corrected chi connectivity index (χ3v) is 5.23. The summed E-state index contributed by atoms with van der Waals surface area (Å²) in [5.74, 6) is -2.29. The molecule has 1 aliphatic heterocycles. The van der Waals surface area contributed by atoms with Gasteiger partial charge in [-0.3, -0.25) is 24.1 Å². The number of nitrogens with one attached hydrogen (secondary N) is 1. The summed E-state index contributed by atoms with van der Waals surface area (Å²) in [4.78, 5) is 49.7. The first-order valence-corrected chi connectivity index (χ1v) is 9.52. The van der Waals surface area contributed by atoms with Crippen LogP contribution >= 0.6 is 0 Å². The number of carbonyl (C=O) groups is 4. The van der Waals surface area contributed by atoms with E-state index >= 15 is 0 Å². The molecular weight excluding hydrogens is 372 g/mol. The molecular formula is C22H20N2O5. The van der Waals surface area contributed by atoms with Crippen LogP contribution in [0, 0.1) is 0 Å². The predicted octanol–water partition coefficient (Wildman–Crippen LogP) is 2.02. The maximum Gasteiger partial charge on any atom is 0.326 e. The van der Waals surface area contributed by atoms with Gasteiger partial charge in [0.1, 0.15) is 6.54 Å². The fourth-order valence-corrected chi connectivity index (χ4v) is 3.84. The number of aryl methyl sites for hydroxylation is 1. The van der Waals surface area contributed by atoms with Crippen molar-refractivity contribution in [3.8, 4) is 0 Å². The van der Waals surface area contributed by atoms with Gasteiger partial charge in [0, 0.05) is 0 Å². The largest absolute Gasteiger partial charge is 0.454 e. The molecule has 2 aliphatic rings. The molecule has 0 fully saturated rings. The van der Waals surface area contributed by atoms with Crippen LogP contribution in [0.25, 0.3) is 0 Å². The molecule has 0 saturated heterocycles. The fraction of sp³-hybridized carbons (Fsp3) is 0.273. The Morgan fingerprint density at radius 2 is 1.66 bits per heavy atom. The van der Waals surface area contributed by atoms with Crippen molar-refractivity contribution in [1.82, 2.24) is 10.2 Å². The molecule has 1 N–H and O–H groups in total. The van der Waals surface area contributed by atoms with E-state index in [0.29, 0.717) is 0 Å². The van der Waals surface area contributed by atoms with Crippen LogP contribution in [0.15, 0.2) is 48.5 Å². The van der Waals surface area contributed by atoms with E-state index in [1.165, 1.54) is 17.7 Å². The molecule has 7 nitrogen and oxygen atoms in total. The molecule has 0 aromatic heterocycles. The summed E-state index contributed by atoms with van der Waals surface area (Å²) >= 11 is 0. The molecule has 148 valence electrons. The number of nitrogens with zero attached hydrogens (tertiary/aromatic N) is 1. The number of hydrogen-bond donors (Lipinski definition) is 1. The van der Waals surface area contributed by atoms with Gasteiger partial charge in [-0.15, -0.1) is 0 Å². The first-order valence-electron chi connectivity index (χ1n) is 9.52. The molecule has 1 heterocycles. The molecule has 3 amide bonds. The number of carbonyl (C=O) groups excluding carboxylic acids is 4. The van der Waals surface area contributed by atoms with Crippen molar-refractivity contribution in [3.63, 3.8) is 0 Å². The number of amides is 3. The summed E-state index contributed by atoms with van der Waals surface area (Å²) in [6, 6.07) is 14.2. The van der Waals surface area contributed by atoms with Crippen LogP contribution in [0.5, 0.6) is 0 Å². The molecule has 4 rings (SSSR count). The van der Waals surface area contributed by atoms with Gasteiger partial charge in [-0.1, -0.05) is 36.4 Å². The van der Waals surface area contributed by atoms with Crippen molar-refractivity contribution in [2.45, 2.75) is 25.3 Å². The molecule has 0 spiro atoms. The van der Waals surface area contributed by atoms with Gasteiger partial charge >= 0.3 is 5.97 Å². The van der Waals surface area contributed by atoms with Gasteiger partial charge < -0.3 is 10.1 Å². The molecule has 1 aliphatic carbocycles. The monoisotopic (exact) mass is 392 g/mol. The lowest BCUT2D eigenvalue weighted by Crippen LogP contribution is -2.38. The molecule has 7 heteroatoms. The molecule has 0 saturated carbocycles. The zero-order chi connectivity index (χ0) is 20.4. The van der Waals surface area contributed by atoms with Crippen LogP contribution in [-0.4, -0.2) is 41.7 Å². The molecule has 1 atom stereocenters. The lowest BCUT2D eigenvalue weighted by Gasteiger charge is -2.26. The Kier molecular flexibility index (Phi) is 5.12. The first-order chi connectivity index (χ1) is 14.0. The smallest absolute Gasteiger partial charge is 0.326 e. The van der Waals surface area contributed by atoms with Crippen LogP contribution in [0.4, 0.5) is 0 Å². The van der Waals surface area contributed by atoms with E-state index in [4.69, 9.17) is 4.74 Å². The summed E-state index contributed by atoms with van der Waals surface area (Å²) in [7, 11) is 0. The molecule has 29 heavy (non-hydrogen) atoms. The molecule has 0 radical (unpaired) electrons. The Morgan fingerprint density at radius 3 is 2.38 bits per heavy atom. The number of benzene rings is 2. The van der Waals surface area contributed by atoms with Crippen molar-refractivity contribution in [1.29, 1.82) is 0 Å². The lowest BCUT2D eigenvalue weighted by molar-refractivity contribution is -0.148. The minimum atomic E-state index is -0.807. The Bertz CT molecular complexity index is 965. The predicted molar refractivity (Wildman–Crippen MR) is 103 cm³/mol. The maximum atomic E-state index is 12.3. The van der Waals surface area contributed by atoms with E-state index in [9.17, 15) is 19.2 Å². The van der Waals surface area contributed by atoms with Crippen LogP contribution in [0.3, 0.4) is 0 Å². The van der Waals surface area contributed by atoms with Crippen molar-refractivity contribution < 1.29 is 23.9 Å². The third kappa shape index (κ3) is 3.76. The summed E-state index contributed by atoms with van der Waals surface area (Å²) in [6.07, 6.45) is 2.78. The van der Waals surface area contributed by atoms with Crippen LogP contribution < -0.4 is 5.32 Å². The number of fused-ring (bicyclic) bond motifs is 2. The summed E-state index contributed by atoms with van der Waals surface area (Å²) in [5, 5.41) is 2.89. The normalized spacial score (nSPS) is 17.5. The average Bonchev–Trinajstić information content (AvgIpc) is 2.98. The molecule has 1 unspecified atom stereocenters. The SMILES string of the molecule is O=C(COC(=O)CN1C(=O)c2ccccc2C1=O)NC1CCCc2ccccc21. The topological polar surface area (TPSA) is 92.8 Å². The van der Waals surface area contributed by atoms with Crippen molar-refractivity contribution in [3.05, 3.63) is 70.8 Å². The van der Waals surface area contributed by atoms with Gasteiger partial charge in [-0.2, -0.15) is 0 Å². The quantitative estimate of drug-likeness (QED) is 0.621. The highest BCUT2D eigenvalue weighted by Crippen LogP contribution is 2.29. The van der Waals surface area contributed by atoms with E-state index in [1.54, 1.807) is 12.1 Å². The summed E-state index contributed by atoms with van der Waals surface area (Å²) < 4.78 is 4.99. The Labute approximate surface area is 167 Å². The zero-order valence-corrected chi connectivity index (χ0v) is 15.7. The van der Waals surface area contributed by atoms with Crippen molar-refractivity contribution >= 4 is 23.7 Å².